The number of nitrogens with one attached hydrogen (secondary N) is 1. The largest absolute Gasteiger partial charge is 0.573 e. The summed E-state index contributed by atoms with van der Waals surface area (Å²) in [5.74, 6) is -2.04. The molecule has 1 aromatic heterocycles. The van der Waals surface area contributed by atoms with Crippen molar-refractivity contribution >= 4 is 22.8 Å². The Morgan fingerprint density at radius 3 is 2.11 bits per heavy atom. The summed E-state index contributed by atoms with van der Waals surface area (Å²) >= 11 is 0. The second kappa shape index (κ2) is 8.53. The molecule has 28 heavy (non-hydrogen) atoms. The SMILES string of the molecule is CC(C)COC(=O)c1[nH]c2ccc(OC(F)(F)F)cc2c1C(=O)OCC(C)C. The van der Waals surface area contributed by atoms with Crippen molar-refractivity contribution < 1.29 is 37.0 Å². The van der Waals surface area contributed by atoms with E-state index in [0.717, 1.165) is 12.1 Å². The van der Waals surface area contributed by atoms with Gasteiger partial charge in [-0.3, -0.25) is 0 Å². The summed E-state index contributed by atoms with van der Waals surface area (Å²) in [5.41, 5.74) is -0.0758. The van der Waals surface area contributed by atoms with Crippen molar-refractivity contribution in [1.29, 1.82) is 0 Å². The van der Waals surface area contributed by atoms with Crippen LogP contribution in [0.4, 0.5) is 13.2 Å². The minimum Gasteiger partial charge on any atom is -0.462 e. The predicted molar refractivity (Wildman–Crippen MR) is 95.2 cm³/mol. The number of fused-ring (bicyclic) bond motifs is 1. The third kappa shape index (κ3) is 5.64. The van der Waals surface area contributed by atoms with Crippen LogP contribution in [0.15, 0.2) is 18.2 Å². The first kappa shape index (κ1) is 21.6. The van der Waals surface area contributed by atoms with Crippen LogP contribution in [-0.2, 0) is 9.47 Å². The van der Waals surface area contributed by atoms with Gasteiger partial charge in [0, 0.05) is 10.9 Å². The molecule has 0 amide bonds. The van der Waals surface area contributed by atoms with E-state index in [1.165, 1.54) is 6.07 Å². The molecule has 6 nitrogen and oxygen atoms in total. The quantitative estimate of drug-likeness (QED) is 0.681. The van der Waals surface area contributed by atoms with E-state index in [9.17, 15) is 22.8 Å². The number of carbonyl (C=O) groups is 2. The molecule has 2 aromatic rings. The van der Waals surface area contributed by atoms with Gasteiger partial charge >= 0.3 is 18.3 Å². The molecule has 0 spiro atoms. The molecule has 0 atom stereocenters. The molecule has 1 aromatic carbocycles. The van der Waals surface area contributed by atoms with Gasteiger partial charge in [0.05, 0.1) is 13.2 Å². The lowest BCUT2D eigenvalue weighted by molar-refractivity contribution is -0.274. The van der Waals surface area contributed by atoms with E-state index in [0.29, 0.717) is 0 Å². The van der Waals surface area contributed by atoms with Crippen molar-refractivity contribution in [3.05, 3.63) is 29.5 Å². The number of hydrogen-bond acceptors (Lipinski definition) is 5. The van der Waals surface area contributed by atoms with Crippen LogP contribution in [-0.4, -0.2) is 36.5 Å². The van der Waals surface area contributed by atoms with Crippen molar-refractivity contribution in [3.63, 3.8) is 0 Å². The van der Waals surface area contributed by atoms with E-state index in [2.05, 4.69) is 9.72 Å². The average molecular weight is 401 g/mol. The van der Waals surface area contributed by atoms with Crippen molar-refractivity contribution in [1.82, 2.24) is 4.98 Å². The van der Waals surface area contributed by atoms with Gasteiger partial charge in [0.1, 0.15) is 17.0 Å². The summed E-state index contributed by atoms with van der Waals surface area (Å²) in [7, 11) is 0. The van der Waals surface area contributed by atoms with Crippen LogP contribution >= 0.6 is 0 Å². The van der Waals surface area contributed by atoms with E-state index in [1.807, 2.05) is 27.7 Å². The first-order valence-electron chi connectivity index (χ1n) is 8.73. The third-order valence-electron chi connectivity index (χ3n) is 3.51. The van der Waals surface area contributed by atoms with Gasteiger partial charge < -0.3 is 19.2 Å². The number of benzene rings is 1. The highest BCUT2D eigenvalue weighted by atomic mass is 19.4. The van der Waals surface area contributed by atoms with Crippen molar-refractivity contribution in [3.8, 4) is 5.75 Å². The van der Waals surface area contributed by atoms with Crippen LogP contribution in [0.25, 0.3) is 10.9 Å². The normalized spacial score (nSPS) is 11.9. The molecule has 1 heterocycles. The minimum absolute atomic E-state index is 0.0367. The highest BCUT2D eigenvalue weighted by Crippen LogP contribution is 2.31. The Bertz CT molecular complexity index is 855. The number of alkyl halides is 3. The highest BCUT2D eigenvalue weighted by molar-refractivity contribution is 6.12. The topological polar surface area (TPSA) is 77.6 Å². The summed E-state index contributed by atoms with van der Waals surface area (Å²) in [4.78, 5) is 27.7. The molecule has 0 saturated carbocycles. The monoisotopic (exact) mass is 401 g/mol. The van der Waals surface area contributed by atoms with E-state index in [1.54, 1.807) is 0 Å². The second-order valence-electron chi connectivity index (χ2n) is 7.11. The number of halogens is 3. The van der Waals surface area contributed by atoms with E-state index < -0.39 is 24.1 Å². The number of aromatic nitrogens is 1. The first-order valence-corrected chi connectivity index (χ1v) is 8.73. The molecular formula is C19H22F3NO5. The van der Waals surface area contributed by atoms with Crippen LogP contribution in [0, 0.1) is 11.8 Å². The van der Waals surface area contributed by atoms with Crippen molar-refractivity contribution in [2.45, 2.75) is 34.1 Å². The molecule has 9 heteroatoms. The van der Waals surface area contributed by atoms with Gasteiger partial charge in [0.25, 0.3) is 0 Å². The van der Waals surface area contributed by atoms with Gasteiger partial charge in [-0.2, -0.15) is 0 Å². The number of rotatable bonds is 7. The number of carbonyl (C=O) groups excluding carboxylic acids is 2. The van der Waals surface area contributed by atoms with Crippen LogP contribution in [0.2, 0.25) is 0 Å². The molecule has 0 radical (unpaired) electrons. The van der Waals surface area contributed by atoms with Gasteiger partial charge in [-0.05, 0) is 30.0 Å². The fourth-order valence-electron chi connectivity index (χ4n) is 2.36. The molecular weight excluding hydrogens is 379 g/mol. The highest BCUT2D eigenvalue weighted by Gasteiger charge is 2.32. The van der Waals surface area contributed by atoms with Crippen LogP contribution in [0.3, 0.4) is 0 Å². The molecule has 1 N–H and O–H groups in total. The fraction of sp³-hybridized carbons (Fsp3) is 0.474. The molecule has 0 fully saturated rings. The van der Waals surface area contributed by atoms with Crippen LogP contribution < -0.4 is 4.74 Å². The average Bonchev–Trinajstić information content (AvgIpc) is 2.94. The Labute approximate surface area is 159 Å². The number of esters is 2. The Morgan fingerprint density at radius 2 is 1.57 bits per heavy atom. The number of hydrogen-bond donors (Lipinski definition) is 1. The van der Waals surface area contributed by atoms with Gasteiger partial charge in [0.2, 0.25) is 0 Å². The maximum atomic E-state index is 12.6. The molecule has 0 unspecified atom stereocenters. The van der Waals surface area contributed by atoms with E-state index in [-0.39, 0.29) is 47.2 Å². The second-order valence-corrected chi connectivity index (χ2v) is 7.11. The standard InChI is InChI=1S/C19H22F3NO5/c1-10(2)8-26-17(24)15-13-7-12(28-19(20,21)22)5-6-14(13)23-16(15)18(25)27-9-11(3)4/h5-7,10-11,23H,8-9H2,1-4H3. The Hall–Kier alpha value is -2.71. The lowest BCUT2D eigenvalue weighted by Gasteiger charge is -2.10. The molecule has 2 rings (SSSR count). The van der Waals surface area contributed by atoms with E-state index in [4.69, 9.17) is 9.47 Å². The minimum atomic E-state index is -4.89. The predicted octanol–water partition coefficient (Wildman–Crippen LogP) is 4.69. The smallest absolute Gasteiger partial charge is 0.462 e. The van der Waals surface area contributed by atoms with Crippen molar-refractivity contribution in [2.24, 2.45) is 11.8 Å². The Morgan fingerprint density at radius 1 is 1.00 bits per heavy atom. The van der Waals surface area contributed by atoms with Crippen LogP contribution in [0.1, 0.15) is 48.5 Å². The number of ether oxygens (including phenoxy) is 3. The van der Waals surface area contributed by atoms with Gasteiger partial charge in [0.15, 0.2) is 0 Å². The first-order chi connectivity index (χ1) is 13.0. The summed E-state index contributed by atoms with van der Waals surface area (Å²) in [6, 6.07) is 3.40. The third-order valence-corrected chi connectivity index (χ3v) is 3.51. The Kier molecular flexibility index (Phi) is 6.58. The molecule has 0 aliphatic carbocycles. The molecule has 0 aliphatic heterocycles. The summed E-state index contributed by atoms with van der Waals surface area (Å²) in [5, 5.41) is 0.0759. The maximum absolute atomic E-state index is 12.6. The fourth-order valence-corrected chi connectivity index (χ4v) is 2.36. The molecule has 154 valence electrons. The molecule has 0 saturated heterocycles. The Balaban J connectivity index is 2.49. The van der Waals surface area contributed by atoms with E-state index >= 15 is 0 Å². The number of aromatic amines is 1. The van der Waals surface area contributed by atoms with Gasteiger partial charge in [-0.25, -0.2) is 9.59 Å². The van der Waals surface area contributed by atoms with Crippen molar-refractivity contribution in [2.75, 3.05) is 13.2 Å². The maximum Gasteiger partial charge on any atom is 0.573 e. The van der Waals surface area contributed by atoms with Gasteiger partial charge in [-0.15, -0.1) is 13.2 Å². The zero-order chi connectivity index (χ0) is 21.1. The molecule has 0 aliphatic rings. The van der Waals surface area contributed by atoms with Crippen LogP contribution in [0.5, 0.6) is 5.75 Å². The lowest BCUT2D eigenvalue weighted by Crippen LogP contribution is -2.17. The molecule has 0 bridgehead atoms. The summed E-state index contributed by atoms with van der Waals surface area (Å²) in [6.07, 6.45) is -4.89. The lowest BCUT2D eigenvalue weighted by atomic mass is 10.1. The summed E-state index contributed by atoms with van der Waals surface area (Å²) < 4.78 is 51.8. The summed E-state index contributed by atoms with van der Waals surface area (Å²) in [6.45, 7) is 7.56. The van der Waals surface area contributed by atoms with Gasteiger partial charge in [-0.1, -0.05) is 27.7 Å². The zero-order valence-corrected chi connectivity index (χ0v) is 16.0. The number of H-pyrrole nitrogens is 1. The zero-order valence-electron chi connectivity index (χ0n) is 16.0.